The Kier molecular flexibility index (Phi) is 38.6. The maximum absolute atomic E-state index is 12.6. The van der Waals surface area contributed by atoms with E-state index >= 15 is 0 Å². The van der Waals surface area contributed by atoms with Crippen LogP contribution < -0.4 is 0 Å². The smallest absolute Gasteiger partial charge is 0.462 e. The Morgan fingerprint density at radius 1 is 0.545 bits per heavy atom. The molecule has 0 rings (SSSR count). The minimum atomic E-state index is -4.63. The van der Waals surface area contributed by atoms with E-state index < -0.39 is 51.8 Å². The number of ether oxygens (including phenoxy) is 2. The molecule has 0 aromatic carbocycles. The number of phosphoric acid groups is 1. The Hall–Kier alpha value is -2.07. The van der Waals surface area contributed by atoms with Crippen LogP contribution in [0, 0.1) is 0 Å². The highest BCUT2D eigenvalue weighted by molar-refractivity contribution is 7.47. The first-order valence-electron chi connectivity index (χ1n) is 21.6. The van der Waals surface area contributed by atoms with Crippen molar-refractivity contribution in [3.63, 3.8) is 0 Å². The lowest BCUT2D eigenvalue weighted by atomic mass is 10.0. The number of unbranched alkanes of at least 4 members (excludes halogenated alkanes) is 18. The van der Waals surface area contributed by atoms with E-state index in [0.717, 1.165) is 44.9 Å². The molecule has 0 fully saturated rings. The van der Waals surface area contributed by atoms with E-state index in [-0.39, 0.29) is 19.4 Å². The molecule has 55 heavy (non-hydrogen) atoms. The van der Waals surface area contributed by atoms with Gasteiger partial charge in [-0.1, -0.05) is 165 Å². The highest BCUT2D eigenvalue weighted by atomic mass is 31.2. The Morgan fingerprint density at radius 3 is 1.47 bits per heavy atom. The van der Waals surface area contributed by atoms with Gasteiger partial charge in [0.2, 0.25) is 0 Å². The van der Waals surface area contributed by atoms with Gasteiger partial charge in [-0.25, -0.2) is 4.57 Å². The molecule has 0 radical (unpaired) electrons. The van der Waals surface area contributed by atoms with Crippen LogP contribution >= 0.6 is 7.82 Å². The minimum absolute atomic E-state index is 0.166. The highest BCUT2D eigenvalue weighted by Crippen LogP contribution is 2.43. The number of esters is 2. The summed E-state index contributed by atoms with van der Waals surface area (Å²) < 4.78 is 32.6. The number of aliphatic hydroxyl groups excluding tert-OH is 2. The molecule has 0 saturated carbocycles. The lowest BCUT2D eigenvalue weighted by molar-refractivity contribution is -0.161. The van der Waals surface area contributed by atoms with Gasteiger partial charge in [-0.05, 0) is 51.4 Å². The van der Waals surface area contributed by atoms with E-state index in [1.165, 1.54) is 89.9 Å². The van der Waals surface area contributed by atoms with Crippen molar-refractivity contribution in [3.05, 3.63) is 48.6 Å². The molecule has 0 aromatic rings. The molecular formula is C44H79O10P. The molecule has 3 N–H and O–H groups in total. The van der Waals surface area contributed by atoms with Crippen molar-refractivity contribution in [2.45, 2.75) is 193 Å². The highest BCUT2D eigenvalue weighted by Gasteiger charge is 2.27. The third-order valence-corrected chi connectivity index (χ3v) is 9.94. The fourth-order valence-electron chi connectivity index (χ4n) is 5.63. The Morgan fingerprint density at radius 2 is 0.964 bits per heavy atom. The molecule has 0 saturated heterocycles. The summed E-state index contributed by atoms with van der Waals surface area (Å²) in [4.78, 5) is 34.9. The average Bonchev–Trinajstić information content (AvgIpc) is 3.17. The number of phosphoric ester groups is 1. The quantitative estimate of drug-likeness (QED) is 0.0237. The number of hydrogen-bond donors (Lipinski definition) is 3. The van der Waals surface area contributed by atoms with Crippen LogP contribution in [0.1, 0.15) is 181 Å². The Balaban J connectivity index is 4.39. The second-order valence-electron chi connectivity index (χ2n) is 14.4. The summed E-state index contributed by atoms with van der Waals surface area (Å²) in [5.41, 5.74) is 0. The number of allylic oxidation sites excluding steroid dienone is 8. The average molecular weight is 799 g/mol. The van der Waals surface area contributed by atoms with Crippen LogP contribution in [0.3, 0.4) is 0 Å². The van der Waals surface area contributed by atoms with E-state index in [2.05, 4.69) is 60.9 Å². The van der Waals surface area contributed by atoms with Gasteiger partial charge < -0.3 is 24.6 Å². The van der Waals surface area contributed by atoms with Gasteiger partial charge in [-0.15, -0.1) is 0 Å². The molecule has 3 atom stereocenters. The first-order chi connectivity index (χ1) is 26.7. The van der Waals surface area contributed by atoms with Crippen LogP contribution in [0.5, 0.6) is 0 Å². The maximum Gasteiger partial charge on any atom is 0.472 e. The molecular weight excluding hydrogens is 719 g/mol. The second-order valence-corrected chi connectivity index (χ2v) is 15.8. The standard InChI is InChI=1S/C44H79O10P/c1-3-5-7-9-11-13-15-17-19-20-22-23-25-27-29-31-33-35-43(47)51-39-42(40-53-55(49,50)52-38-41(46)37-45)54-44(48)36-34-32-30-28-26-24-21-18-16-14-12-10-8-6-4-2/h11,13,17,19,22-23,27,29,41-42,45-46H,3-10,12,14-16,18,20-21,24-26,28,30-40H2,1-2H3,(H,49,50)/b13-11+,19-17+,23-22+,29-27+/t41-,42+/m0/s1. The van der Waals surface area contributed by atoms with Crippen molar-refractivity contribution in [2.24, 2.45) is 0 Å². The SMILES string of the molecule is CCCCC/C=C/C/C=C/C/C=C/C/C=C/CCCC(=O)OC[C@H](COP(=O)(O)OC[C@@H](O)CO)OC(=O)CCCCCCCCCCCCCCCCC. The van der Waals surface area contributed by atoms with Crippen LogP contribution in [0.4, 0.5) is 0 Å². The molecule has 0 heterocycles. The van der Waals surface area contributed by atoms with Crippen molar-refractivity contribution < 1.29 is 47.8 Å². The first kappa shape index (κ1) is 52.9. The van der Waals surface area contributed by atoms with Crippen molar-refractivity contribution in [1.82, 2.24) is 0 Å². The number of rotatable bonds is 40. The summed E-state index contributed by atoms with van der Waals surface area (Å²) in [7, 11) is -4.63. The van der Waals surface area contributed by atoms with Crippen LogP contribution in [0.15, 0.2) is 48.6 Å². The van der Waals surface area contributed by atoms with Gasteiger partial charge in [0.15, 0.2) is 6.10 Å². The zero-order chi connectivity index (χ0) is 40.5. The minimum Gasteiger partial charge on any atom is -0.462 e. The number of aliphatic hydroxyl groups is 2. The molecule has 0 aliphatic heterocycles. The molecule has 0 aliphatic rings. The van der Waals surface area contributed by atoms with Gasteiger partial charge in [-0.3, -0.25) is 18.6 Å². The van der Waals surface area contributed by atoms with Crippen LogP contribution in [0.2, 0.25) is 0 Å². The summed E-state index contributed by atoms with van der Waals surface area (Å²) in [6.07, 6.45) is 42.2. The summed E-state index contributed by atoms with van der Waals surface area (Å²) in [5.74, 6) is -0.988. The second kappa shape index (κ2) is 40.1. The van der Waals surface area contributed by atoms with E-state index in [0.29, 0.717) is 19.3 Å². The van der Waals surface area contributed by atoms with Gasteiger partial charge in [0.25, 0.3) is 0 Å². The predicted octanol–water partition coefficient (Wildman–Crippen LogP) is 11.3. The van der Waals surface area contributed by atoms with Crippen LogP contribution in [-0.4, -0.2) is 65.7 Å². The van der Waals surface area contributed by atoms with Crippen LogP contribution in [-0.2, 0) is 32.7 Å². The first-order valence-corrected chi connectivity index (χ1v) is 23.1. The lowest BCUT2D eigenvalue weighted by Crippen LogP contribution is -2.29. The van der Waals surface area contributed by atoms with Gasteiger partial charge in [0.05, 0.1) is 19.8 Å². The monoisotopic (exact) mass is 799 g/mol. The third kappa shape index (κ3) is 39.9. The summed E-state index contributed by atoms with van der Waals surface area (Å²) in [5, 5.41) is 18.3. The molecule has 0 bridgehead atoms. The summed E-state index contributed by atoms with van der Waals surface area (Å²) in [6.45, 7) is 2.29. The van der Waals surface area contributed by atoms with Crippen molar-refractivity contribution in [3.8, 4) is 0 Å². The van der Waals surface area contributed by atoms with E-state index in [4.69, 9.17) is 19.1 Å². The Bertz CT molecular complexity index is 1060. The molecule has 11 heteroatoms. The van der Waals surface area contributed by atoms with Gasteiger partial charge in [0.1, 0.15) is 12.7 Å². The van der Waals surface area contributed by atoms with E-state index in [1.54, 1.807) is 0 Å². The molecule has 0 aromatic heterocycles. The number of carbonyl (C=O) groups excluding carboxylic acids is 2. The van der Waals surface area contributed by atoms with Crippen molar-refractivity contribution >= 4 is 19.8 Å². The molecule has 320 valence electrons. The summed E-state index contributed by atoms with van der Waals surface area (Å²) >= 11 is 0. The normalized spacial score (nSPS) is 14.3. The zero-order valence-electron chi connectivity index (χ0n) is 34.6. The van der Waals surface area contributed by atoms with Crippen LogP contribution in [0.25, 0.3) is 0 Å². The topological polar surface area (TPSA) is 149 Å². The lowest BCUT2D eigenvalue weighted by Gasteiger charge is -2.20. The maximum atomic E-state index is 12.6. The number of carbonyl (C=O) groups is 2. The molecule has 0 amide bonds. The fourth-order valence-corrected chi connectivity index (χ4v) is 6.42. The fraction of sp³-hybridized carbons (Fsp3) is 0.773. The molecule has 0 spiro atoms. The molecule has 1 unspecified atom stereocenters. The third-order valence-electron chi connectivity index (χ3n) is 8.99. The van der Waals surface area contributed by atoms with Gasteiger partial charge >= 0.3 is 19.8 Å². The molecule has 0 aliphatic carbocycles. The summed E-state index contributed by atoms with van der Waals surface area (Å²) in [6, 6.07) is 0. The Labute approximate surface area is 334 Å². The largest absolute Gasteiger partial charge is 0.472 e. The molecule has 10 nitrogen and oxygen atoms in total. The van der Waals surface area contributed by atoms with E-state index in [9.17, 15) is 24.2 Å². The predicted molar refractivity (Wildman–Crippen MR) is 224 cm³/mol. The number of hydrogen-bond acceptors (Lipinski definition) is 9. The van der Waals surface area contributed by atoms with Crippen molar-refractivity contribution in [2.75, 3.05) is 26.4 Å². The van der Waals surface area contributed by atoms with Gasteiger partial charge in [-0.2, -0.15) is 0 Å². The van der Waals surface area contributed by atoms with Gasteiger partial charge in [0, 0.05) is 12.8 Å². The van der Waals surface area contributed by atoms with E-state index in [1.807, 2.05) is 6.08 Å². The van der Waals surface area contributed by atoms with Crippen molar-refractivity contribution in [1.29, 1.82) is 0 Å². The zero-order valence-corrected chi connectivity index (χ0v) is 35.5.